The molecule has 0 aromatic carbocycles. The van der Waals surface area contributed by atoms with Crippen molar-refractivity contribution in [3.63, 3.8) is 0 Å². The van der Waals surface area contributed by atoms with Gasteiger partial charge in [0.1, 0.15) is 0 Å². The van der Waals surface area contributed by atoms with Crippen LogP contribution in [0.4, 0.5) is 0 Å². The zero-order chi connectivity index (χ0) is 13.5. The van der Waals surface area contributed by atoms with Crippen LogP contribution in [-0.4, -0.2) is 40.7 Å². The topological polar surface area (TPSA) is 62.4 Å². The molecular formula is C14H25N3O. The summed E-state index contributed by atoms with van der Waals surface area (Å²) < 4.78 is 0. The molecule has 1 aromatic heterocycles. The van der Waals surface area contributed by atoms with Crippen LogP contribution in [0.25, 0.3) is 0 Å². The van der Waals surface area contributed by atoms with Gasteiger partial charge in [0.25, 0.3) is 0 Å². The minimum atomic E-state index is -0.00716. The van der Waals surface area contributed by atoms with Crippen molar-refractivity contribution >= 4 is 0 Å². The number of aromatic nitrogens is 1. The standard InChI is InChI=1S/C14H25N3O/c1-4-6-13(15)14(10-18)17(3)9-12-8-5-7-11(2)16-12/h5,7-8,13-14,18H,4,6,9-10,15H2,1-3H3. The second-order valence-corrected chi connectivity index (χ2v) is 4.89. The second-order valence-electron chi connectivity index (χ2n) is 4.89. The fourth-order valence-corrected chi connectivity index (χ4v) is 2.19. The molecule has 4 nitrogen and oxygen atoms in total. The van der Waals surface area contributed by atoms with Gasteiger partial charge < -0.3 is 10.8 Å². The molecular weight excluding hydrogens is 226 g/mol. The normalized spacial score (nSPS) is 14.8. The van der Waals surface area contributed by atoms with Crippen LogP contribution < -0.4 is 5.73 Å². The number of likely N-dealkylation sites (N-methyl/N-ethyl adjacent to an activating group) is 1. The van der Waals surface area contributed by atoms with Gasteiger partial charge in [-0.05, 0) is 32.5 Å². The highest BCUT2D eigenvalue weighted by Crippen LogP contribution is 2.10. The van der Waals surface area contributed by atoms with Crippen molar-refractivity contribution in [1.29, 1.82) is 0 Å². The number of hydrogen-bond donors (Lipinski definition) is 2. The van der Waals surface area contributed by atoms with Crippen LogP contribution in [-0.2, 0) is 6.54 Å². The molecule has 1 heterocycles. The maximum atomic E-state index is 9.48. The molecule has 0 fully saturated rings. The Bertz CT molecular complexity index is 357. The molecule has 0 spiro atoms. The molecule has 102 valence electrons. The van der Waals surface area contributed by atoms with Gasteiger partial charge in [0.2, 0.25) is 0 Å². The van der Waals surface area contributed by atoms with Gasteiger partial charge in [-0.2, -0.15) is 0 Å². The van der Waals surface area contributed by atoms with Crippen LogP contribution in [0.1, 0.15) is 31.2 Å². The lowest BCUT2D eigenvalue weighted by molar-refractivity contribution is 0.117. The highest BCUT2D eigenvalue weighted by atomic mass is 16.3. The van der Waals surface area contributed by atoms with E-state index < -0.39 is 0 Å². The number of aryl methyl sites for hydroxylation is 1. The highest BCUT2D eigenvalue weighted by Gasteiger charge is 2.21. The number of aliphatic hydroxyl groups excluding tert-OH is 1. The lowest BCUT2D eigenvalue weighted by Gasteiger charge is -2.31. The summed E-state index contributed by atoms with van der Waals surface area (Å²) in [4.78, 5) is 6.56. The number of nitrogens with two attached hydrogens (primary N) is 1. The van der Waals surface area contributed by atoms with Crippen LogP contribution >= 0.6 is 0 Å². The van der Waals surface area contributed by atoms with E-state index in [9.17, 15) is 5.11 Å². The molecule has 1 aromatic rings. The van der Waals surface area contributed by atoms with Gasteiger partial charge in [-0.1, -0.05) is 19.4 Å². The molecule has 0 aliphatic rings. The highest BCUT2D eigenvalue weighted by molar-refractivity contribution is 5.10. The van der Waals surface area contributed by atoms with Crippen molar-refractivity contribution in [2.45, 2.75) is 45.3 Å². The molecule has 0 radical (unpaired) electrons. The van der Waals surface area contributed by atoms with Gasteiger partial charge in [0, 0.05) is 24.3 Å². The fourth-order valence-electron chi connectivity index (χ4n) is 2.19. The van der Waals surface area contributed by atoms with E-state index in [2.05, 4.69) is 16.8 Å². The summed E-state index contributed by atoms with van der Waals surface area (Å²) in [5, 5.41) is 9.48. The molecule has 0 amide bonds. The third kappa shape index (κ3) is 4.37. The fraction of sp³-hybridized carbons (Fsp3) is 0.643. The van der Waals surface area contributed by atoms with Gasteiger partial charge in [0.15, 0.2) is 0 Å². The Kier molecular flexibility index (Phi) is 6.25. The van der Waals surface area contributed by atoms with Crippen LogP contribution in [0.15, 0.2) is 18.2 Å². The zero-order valence-electron chi connectivity index (χ0n) is 11.6. The molecule has 0 aliphatic carbocycles. The maximum Gasteiger partial charge on any atom is 0.0601 e. The number of aliphatic hydroxyl groups is 1. The number of nitrogens with zero attached hydrogens (tertiary/aromatic N) is 2. The van der Waals surface area contributed by atoms with Crippen LogP contribution in [0, 0.1) is 6.92 Å². The molecule has 2 unspecified atom stereocenters. The van der Waals surface area contributed by atoms with Crippen molar-refractivity contribution < 1.29 is 5.11 Å². The molecule has 0 saturated heterocycles. The predicted molar refractivity (Wildman–Crippen MR) is 74.2 cm³/mol. The summed E-state index contributed by atoms with van der Waals surface area (Å²) in [6.45, 7) is 4.89. The van der Waals surface area contributed by atoms with E-state index in [-0.39, 0.29) is 18.7 Å². The van der Waals surface area contributed by atoms with Crippen molar-refractivity contribution in [3.05, 3.63) is 29.6 Å². The molecule has 4 heteroatoms. The van der Waals surface area contributed by atoms with Crippen molar-refractivity contribution in [3.8, 4) is 0 Å². The minimum Gasteiger partial charge on any atom is -0.395 e. The van der Waals surface area contributed by atoms with Crippen LogP contribution in [0.5, 0.6) is 0 Å². The lowest BCUT2D eigenvalue weighted by atomic mass is 10.0. The zero-order valence-corrected chi connectivity index (χ0v) is 11.6. The lowest BCUT2D eigenvalue weighted by Crippen LogP contribution is -2.48. The van der Waals surface area contributed by atoms with E-state index in [1.54, 1.807) is 0 Å². The quantitative estimate of drug-likeness (QED) is 0.767. The first-order valence-electron chi connectivity index (χ1n) is 6.57. The summed E-state index contributed by atoms with van der Waals surface area (Å²) in [5.41, 5.74) is 8.13. The summed E-state index contributed by atoms with van der Waals surface area (Å²) in [7, 11) is 1.99. The number of hydrogen-bond acceptors (Lipinski definition) is 4. The average Bonchev–Trinajstić information content (AvgIpc) is 2.30. The first-order valence-corrected chi connectivity index (χ1v) is 6.57. The van der Waals surface area contributed by atoms with E-state index in [0.29, 0.717) is 6.54 Å². The molecule has 3 N–H and O–H groups in total. The predicted octanol–water partition coefficient (Wildman–Crippen LogP) is 1.31. The second kappa shape index (κ2) is 7.46. The molecule has 18 heavy (non-hydrogen) atoms. The minimum absolute atomic E-state index is 0.00716. The molecule has 1 rings (SSSR count). The SMILES string of the molecule is CCCC(N)C(CO)N(C)Cc1cccc(C)n1. The summed E-state index contributed by atoms with van der Waals surface area (Å²) in [6, 6.07) is 5.99. The Labute approximate surface area is 110 Å². The van der Waals surface area contributed by atoms with Gasteiger partial charge >= 0.3 is 0 Å². The Morgan fingerprint density at radius 2 is 2.17 bits per heavy atom. The molecule has 0 saturated carbocycles. The van der Waals surface area contributed by atoms with Crippen LogP contribution in [0.3, 0.4) is 0 Å². The van der Waals surface area contributed by atoms with Crippen LogP contribution in [0.2, 0.25) is 0 Å². The van der Waals surface area contributed by atoms with E-state index in [0.717, 1.165) is 24.2 Å². The average molecular weight is 251 g/mol. The molecule has 0 bridgehead atoms. The van der Waals surface area contributed by atoms with Crippen molar-refractivity contribution in [2.75, 3.05) is 13.7 Å². The van der Waals surface area contributed by atoms with Gasteiger partial charge in [-0.3, -0.25) is 9.88 Å². The maximum absolute atomic E-state index is 9.48. The number of rotatable bonds is 7. The Morgan fingerprint density at radius 3 is 2.72 bits per heavy atom. The van der Waals surface area contributed by atoms with Crippen molar-refractivity contribution in [2.24, 2.45) is 5.73 Å². The van der Waals surface area contributed by atoms with E-state index >= 15 is 0 Å². The smallest absolute Gasteiger partial charge is 0.0601 e. The Hall–Kier alpha value is -0.970. The summed E-state index contributed by atoms with van der Waals surface area (Å²) in [6.07, 6.45) is 1.96. The summed E-state index contributed by atoms with van der Waals surface area (Å²) >= 11 is 0. The largest absolute Gasteiger partial charge is 0.395 e. The van der Waals surface area contributed by atoms with Gasteiger partial charge in [-0.25, -0.2) is 0 Å². The Balaban J connectivity index is 2.64. The number of pyridine rings is 1. The Morgan fingerprint density at radius 1 is 1.44 bits per heavy atom. The van der Waals surface area contributed by atoms with E-state index in [1.165, 1.54) is 0 Å². The molecule has 0 aliphatic heterocycles. The monoisotopic (exact) mass is 251 g/mol. The third-order valence-electron chi connectivity index (χ3n) is 3.23. The first-order chi connectivity index (χ1) is 8.58. The third-order valence-corrected chi connectivity index (χ3v) is 3.23. The van der Waals surface area contributed by atoms with Gasteiger partial charge in [-0.15, -0.1) is 0 Å². The van der Waals surface area contributed by atoms with Crippen molar-refractivity contribution in [1.82, 2.24) is 9.88 Å². The van der Waals surface area contributed by atoms with E-state index in [1.807, 2.05) is 32.2 Å². The first kappa shape index (κ1) is 15.1. The van der Waals surface area contributed by atoms with Gasteiger partial charge in [0.05, 0.1) is 12.3 Å². The summed E-state index contributed by atoms with van der Waals surface area (Å²) in [5.74, 6) is 0. The van der Waals surface area contributed by atoms with E-state index in [4.69, 9.17) is 5.73 Å². The molecule has 2 atom stereocenters.